The van der Waals surface area contributed by atoms with Crippen LogP contribution in [-0.2, 0) is 11.2 Å². The van der Waals surface area contributed by atoms with Crippen LogP contribution in [-0.4, -0.2) is 22.5 Å². The van der Waals surface area contributed by atoms with E-state index in [0.717, 1.165) is 44.3 Å². The van der Waals surface area contributed by atoms with Crippen LogP contribution in [0, 0.1) is 23.2 Å². The van der Waals surface area contributed by atoms with Gasteiger partial charge in [0.15, 0.2) is 0 Å². The zero-order valence-corrected chi connectivity index (χ0v) is 15.7. The number of rotatable bonds is 2. The van der Waals surface area contributed by atoms with Crippen molar-refractivity contribution >= 4 is 5.91 Å². The van der Waals surface area contributed by atoms with Gasteiger partial charge in [-0.15, -0.1) is 0 Å². The minimum Gasteiger partial charge on any atom is -0.508 e. The van der Waals surface area contributed by atoms with E-state index in [1.807, 2.05) is 17.0 Å². The van der Waals surface area contributed by atoms with Crippen LogP contribution in [0.3, 0.4) is 0 Å². The van der Waals surface area contributed by atoms with Crippen molar-refractivity contribution in [1.82, 2.24) is 4.90 Å². The van der Waals surface area contributed by atoms with Crippen molar-refractivity contribution < 1.29 is 9.90 Å². The average molecular weight is 351 g/mol. The van der Waals surface area contributed by atoms with E-state index in [0.29, 0.717) is 35.3 Å². The minimum atomic E-state index is -0.217. The number of aryl methyl sites for hydroxylation is 1. The van der Waals surface area contributed by atoms with Crippen LogP contribution >= 0.6 is 0 Å². The summed E-state index contributed by atoms with van der Waals surface area (Å²) in [5, 5.41) is 9.83. The van der Waals surface area contributed by atoms with Gasteiger partial charge in [0.2, 0.25) is 5.91 Å². The number of benzene rings is 1. The lowest BCUT2D eigenvalue weighted by atomic mass is 9.52. The molecule has 0 aromatic heterocycles. The molecule has 3 heteroatoms. The third-order valence-electron chi connectivity index (χ3n) is 7.81. The summed E-state index contributed by atoms with van der Waals surface area (Å²) in [6.45, 7) is 7.44. The largest absolute Gasteiger partial charge is 0.508 e. The maximum absolute atomic E-state index is 13.5. The van der Waals surface area contributed by atoms with Crippen LogP contribution in [0.4, 0.5) is 0 Å². The zero-order valence-electron chi connectivity index (χ0n) is 15.7. The number of carbonyl (C=O) groups excluding carboxylic acids is 1. The molecule has 26 heavy (non-hydrogen) atoms. The molecule has 0 bridgehead atoms. The van der Waals surface area contributed by atoms with E-state index in [1.165, 1.54) is 24.0 Å². The number of carbonyl (C=O) groups is 1. The van der Waals surface area contributed by atoms with Gasteiger partial charge in [-0.25, -0.2) is 0 Å². The van der Waals surface area contributed by atoms with Crippen LogP contribution in [0.25, 0.3) is 0 Å². The van der Waals surface area contributed by atoms with Gasteiger partial charge in [-0.1, -0.05) is 19.6 Å². The Bertz CT molecular complexity index is 780. The number of amides is 1. The van der Waals surface area contributed by atoms with E-state index in [4.69, 9.17) is 0 Å². The van der Waals surface area contributed by atoms with Gasteiger partial charge in [0.05, 0.1) is 5.41 Å². The van der Waals surface area contributed by atoms with E-state index in [2.05, 4.69) is 19.6 Å². The lowest BCUT2D eigenvalue weighted by molar-refractivity contribution is -0.153. The Hall–Kier alpha value is -1.77. The van der Waals surface area contributed by atoms with Gasteiger partial charge < -0.3 is 10.0 Å². The molecule has 4 atom stereocenters. The molecular weight excluding hydrogens is 322 g/mol. The number of piperidine rings is 1. The van der Waals surface area contributed by atoms with E-state index < -0.39 is 0 Å². The Morgan fingerprint density at radius 2 is 2.08 bits per heavy atom. The van der Waals surface area contributed by atoms with Crippen molar-refractivity contribution in [3.05, 3.63) is 41.6 Å². The molecule has 3 fully saturated rings. The maximum atomic E-state index is 13.5. The molecule has 3 aliphatic carbocycles. The quantitative estimate of drug-likeness (QED) is 0.845. The number of nitrogens with zero attached hydrogens (tertiary/aromatic N) is 1. The van der Waals surface area contributed by atoms with Crippen molar-refractivity contribution in [3.63, 3.8) is 0 Å². The molecule has 2 saturated carbocycles. The molecule has 0 spiro atoms. The summed E-state index contributed by atoms with van der Waals surface area (Å²) >= 11 is 0. The van der Waals surface area contributed by atoms with E-state index in [-0.39, 0.29) is 5.41 Å². The number of fused-ring (bicyclic) bond motifs is 5. The first kappa shape index (κ1) is 16.4. The fourth-order valence-electron chi connectivity index (χ4n) is 6.12. The van der Waals surface area contributed by atoms with Crippen molar-refractivity contribution in [3.8, 4) is 5.75 Å². The molecule has 1 saturated heterocycles. The summed E-state index contributed by atoms with van der Waals surface area (Å²) in [6, 6.07) is 5.90. The topological polar surface area (TPSA) is 40.5 Å². The maximum Gasteiger partial charge on any atom is 0.232 e. The summed E-state index contributed by atoms with van der Waals surface area (Å²) in [6.07, 6.45) is 7.73. The predicted octanol–water partition coefficient (Wildman–Crippen LogP) is 4.61. The monoisotopic (exact) mass is 351 g/mol. The highest BCUT2D eigenvalue weighted by molar-refractivity contribution is 5.85. The Kier molecular flexibility index (Phi) is 3.54. The van der Waals surface area contributed by atoms with Crippen LogP contribution < -0.4 is 0 Å². The third kappa shape index (κ3) is 2.35. The SMILES string of the molecule is C=C1CC2C3CCc4cc(O)ccc4C3CC[C@]2(C)C(=O)N1CC1CC1. The predicted molar refractivity (Wildman–Crippen MR) is 102 cm³/mol. The molecular formula is C23H29NO2. The van der Waals surface area contributed by atoms with Gasteiger partial charge in [-0.3, -0.25) is 4.79 Å². The molecule has 1 amide bonds. The number of hydrogen-bond acceptors (Lipinski definition) is 2. The summed E-state index contributed by atoms with van der Waals surface area (Å²) < 4.78 is 0. The zero-order chi connectivity index (χ0) is 18.1. The van der Waals surface area contributed by atoms with E-state index in [9.17, 15) is 9.90 Å². The van der Waals surface area contributed by atoms with Crippen LogP contribution in [0.15, 0.2) is 30.5 Å². The Balaban J connectivity index is 1.46. The number of likely N-dealkylation sites (tertiary alicyclic amines) is 1. The molecule has 1 aromatic rings. The van der Waals surface area contributed by atoms with Crippen molar-refractivity contribution in [2.24, 2.45) is 23.2 Å². The third-order valence-corrected chi connectivity index (χ3v) is 7.81. The first-order chi connectivity index (χ1) is 12.5. The van der Waals surface area contributed by atoms with E-state index in [1.54, 1.807) is 0 Å². The van der Waals surface area contributed by atoms with E-state index >= 15 is 0 Å². The first-order valence-electron chi connectivity index (χ1n) is 10.3. The van der Waals surface area contributed by atoms with Gasteiger partial charge >= 0.3 is 0 Å². The van der Waals surface area contributed by atoms with Crippen LogP contribution in [0.2, 0.25) is 0 Å². The molecule has 138 valence electrons. The second kappa shape index (κ2) is 5.61. The fraction of sp³-hybridized carbons (Fsp3) is 0.609. The number of aromatic hydroxyl groups is 1. The Labute approximate surface area is 156 Å². The minimum absolute atomic E-state index is 0.217. The lowest BCUT2D eigenvalue weighted by Crippen LogP contribution is -2.56. The molecule has 3 unspecified atom stereocenters. The second-order valence-corrected chi connectivity index (χ2v) is 9.38. The summed E-state index contributed by atoms with van der Waals surface area (Å²) in [4.78, 5) is 15.5. The number of allylic oxidation sites excluding steroid dienone is 1. The molecule has 1 aromatic carbocycles. The second-order valence-electron chi connectivity index (χ2n) is 9.38. The van der Waals surface area contributed by atoms with Crippen LogP contribution in [0.1, 0.15) is 62.5 Å². The molecule has 1 heterocycles. The molecule has 1 N–H and O–H groups in total. The van der Waals surface area contributed by atoms with Crippen molar-refractivity contribution in [1.29, 1.82) is 0 Å². The van der Waals surface area contributed by atoms with Gasteiger partial charge in [0, 0.05) is 12.2 Å². The highest BCUT2D eigenvalue weighted by Crippen LogP contribution is 2.59. The van der Waals surface area contributed by atoms with Crippen molar-refractivity contribution in [2.45, 2.75) is 57.8 Å². The van der Waals surface area contributed by atoms with Gasteiger partial charge in [-0.2, -0.15) is 0 Å². The van der Waals surface area contributed by atoms with Crippen LogP contribution in [0.5, 0.6) is 5.75 Å². The Morgan fingerprint density at radius 1 is 1.27 bits per heavy atom. The summed E-state index contributed by atoms with van der Waals surface area (Å²) in [5.41, 5.74) is 3.57. The normalized spacial score (nSPS) is 36.3. The number of phenols is 1. The molecule has 4 aliphatic rings. The number of hydrogen-bond donors (Lipinski definition) is 1. The first-order valence-corrected chi connectivity index (χ1v) is 10.3. The summed E-state index contributed by atoms with van der Waals surface area (Å²) in [7, 11) is 0. The van der Waals surface area contributed by atoms with Crippen molar-refractivity contribution in [2.75, 3.05) is 6.54 Å². The lowest BCUT2D eigenvalue weighted by Gasteiger charge is -2.55. The average Bonchev–Trinajstić information content (AvgIpc) is 3.44. The van der Waals surface area contributed by atoms with Gasteiger partial charge in [0.25, 0.3) is 0 Å². The Morgan fingerprint density at radius 3 is 2.85 bits per heavy atom. The fourth-order valence-corrected chi connectivity index (χ4v) is 6.12. The smallest absolute Gasteiger partial charge is 0.232 e. The standard InChI is InChI=1S/C23H29NO2/c1-14-11-21-20-7-5-16-12-17(25)6-8-18(16)19(20)9-10-23(21,2)22(26)24(14)13-15-3-4-15/h6,8,12,15,19-21,25H,1,3-5,7,9-11,13H2,2H3/t19?,20?,21?,23-/m0/s1. The molecule has 3 nitrogen and oxygen atoms in total. The summed E-state index contributed by atoms with van der Waals surface area (Å²) in [5.74, 6) is 2.95. The highest BCUT2D eigenvalue weighted by Gasteiger charge is 2.56. The molecule has 1 aliphatic heterocycles. The molecule has 5 rings (SSSR count). The van der Waals surface area contributed by atoms with Gasteiger partial charge in [-0.05, 0) is 91.9 Å². The highest BCUT2D eigenvalue weighted by atomic mass is 16.3. The number of phenolic OH excluding ortho intramolecular Hbond substituents is 1. The molecule has 0 radical (unpaired) electrons. The van der Waals surface area contributed by atoms with Gasteiger partial charge in [0.1, 0.15) is 5.75 Å².